The van der Waals surface area contributed by atoms with Crippen LogP contribution in [0.2, 0.25) is 0 Å². The molecule has 0 radical (unpaired) electrons. The lowest BCUT2D eigenvalue weighted by molar-refractivity contribution is -0.132. The molecule has 0 aromatic carbocycles. The Balaban J connectivity index is 1.95. The van der Waals surface area contributed by atoms with Crippen LogP contribution in [-0.4, -0.2) is 11.1 Å². The van der Waals surface area contributed by atoms with Crippen LogP contribution >= 0.6 is 0 Å². The molecule has 0 saturated heterocycles. The van der Waals surface area contributed by atoms with E-state index in [1.807, 2.05) is 6.08 Å². The van der Waals surface area contributed by atoms with E-state index in [-0.39, 0.29) is 0 Å². The van der Waals surface area contributed by atoms with Crippen LogP contribution < -0.4 is 0 Å². The molecule has 3 aliphatic rings. The Morgan fingerprint density at radius 1 is 1.65 bits per heavy atom. The van der Waals surface area contributed by atoms with Crippen molar-refractivity contribution in [3.05, 3.63) is 23.3 Å². The highest BCUT2D eigenvalue weighted by atomic mass is 16.4. The standard InChI is InChI=1S/C15H22O2/c1-10-6-7-12-9-13(10)15(12,3)8-4-5-11(2)14(16)17/h5-6,12-13H,4,7-9H2,1-3H3,(H,16,17)/b11-5-. The lowest BCUT2D eigenvalue weighted by Crippen LogP contribution is -2.49. The lowest BCUT2D eigenvalue weighted by atomic mass is 9.47. The molecule has 3 rings (SSSR count). The maximum atomic E-state index is 10.7. The summed E-state index contributed by atoms with van der Waals surface area (Å²) in [6.07, 6.45) is 8.85. The van der Waals surface area contributed by atoms with Crippen LogP contribution in [0.3, 0.4) is 0 Å². The predicted molar refractivity (Wildman–Crippen MR) is 68.7 cm³/mol. The molecule has 2 nitrogen and oxygen atoms in total. The number of carbonyl (C=O) groups is 1. The van der Waals surface area contributed by atoms with Crippen LogP contribution in [0, 0.1) is 17.3 Å². The first-order valence-corrected chi connectivity index (χ1v) is 6.52. The molecule has 2 heteroatoms. The fraction of sp³-hybridized carbons (Fsp3) is 0.667. The van der Waals surface area contributed by atoms with Gasteiger partial charge in [0.25, 0.3) is 0 Å². The van der Waals surface area contributed by atoms with Crippen molar-refractivity contribution in [3.63, 3.8) is 0 Å². The maximum Gasteiger partial charge on any atom is 0.330 e. The topological polar surface area (TPSA) is 37.3 Å². The average Bonchev–Trinajstić information content (AvgIpc) is 2.27. The third-order valence-electron chi connectivity index (χ3n) is 4.99. The quantitative estimate of drug-likeness (QED) is 0.593. The summed E-state index contributed by atoms with van der Waals surface area (Å²) in [6, 6.07) is 0. The molecule has 0 heterocycles. The summed E-state index contributed by atoms with van der Waals surface area (Å²) < 4.78 is 0. The van der Waals surface area contributed by atoms with Crippen LogP contribution in [-0.2, 0) is 4.79 Å². The molecule has 0 aromatic heterocycles. The van der Waals surface area contributed by atoms with Crippen molar-refractivity contribution in [2.75, 3.05) is 0 Å². The molecule has 17 heavy (non-hydrogen) atoms. The number of carboxylic acids is 1. The van der Waals surface area contributed by atoms with E-state index in [0.717, 1.165) is 24.7 Å². The number of hydrogen-bond acceptors (Lipinski definition) is 1. The minimum atomic E-state index is -0.792. The summed E-state index contributed by atoms with van der Waals surface area (Å²) in [7, 11) is 0. The Labute approximate surface area is 103 Å². The Kier molecular flexibility index (Phi) is 3.15. The molecule has 1 fully saturated rings. The van der Waals surface area contributed by atoms with Crippen molar-refractivity contribution in [2.24, 2.45) is 17.3 Å². The van der Waals surface area contributed by atoms with Gasteiger partial charge in [0.1, 0.15) is 0 Å². The zero-order valence-corrected chi connectivity index (χ0v) is 11.0. The van der Waals surface area contributed by atoms with E-state index in [9.17, 15) is 4.79 Å². The molecule has 0 aromatic rings. The van der Waals surface area contributed by atoms with Crippen LogP contribution in [0.15, 0.2) is 23.3 Å². The van der Waals surface area contributed by atoms with Crippen LogP contribution in [0.25, 0.3) is 0 Å². The monoisotopic (exact) mass is 234 g/mol. The van der Waals surface area contributed by atoms with Gasteiger partial charge in [0, 0.05) is 5.57 Å². The van der Waals surface area contributed by atoms with E-state index in [4.69, 9.17) is 5.11 Å². The van der Waals surface area contributed by atoms with Crippen molar-refractivity contribution < 1.29 is 9.90 Å². The highest BCUT2D eigenvalue weighted by Gasteiger charge is 2.52. The Bertz CT molecular complexity index is 392. The van der Waals surface area contributed by atoms with E-state index < -0.39 is 5.97 Å². The highest BCUT2D eigenvalue weighted by molar-refractivity contribution is 5.85. The second-order valence-electron chi connectivity index (χ2n) is 5.91. The zero-order valence-electron chi connectivity index (χ0n) is 11.0. The summed E-state index contributed by atoms with van der Waals surface area (Å²) in [4.78, 5) is 10.7. The van der Waals surface area contributed by atoms with E-state index in [1.165, 1.54) is 12.8 Å². The first-order valence-electron chi connectivity index (χ1n) is 6.52. The second kappa shape index (κ2) is 4.32. The van der Waals surface area contributed by atoms with Gasteiger partial charge in [-0.3, -0.25) is 0 Å². The van der Waals surface area contributed by atoms with Gasteiger partial charge in [-0.1, -0.05) is 24.6 Å². The first-order chi connectivity index (χ1) is 7.95. The molecule has 0 amide bonds. The van der Waals surface area contributed by atoms with Crippen molar-refractivity contribution >= 4 is 5.97 Å². The van der Waals surface area contributed by atoms with Gasteiger partial charge in [0.2, 0.25) is 0 Å². The molecular formula is C15H22O2. The second-order valence-corrected chi connectivity index (χ2v) is 5.91. The van der Waals surface area contributed by atoms with Crippen molar-refractivity contribution in [3.8, 4) is 0 Å². The normalized spacial score (nSPS) is 36.2. The molecule has 3 unspecified atom stereocenters. The van der Waals surface area contributed by atoms with Crippen molar-refractivity contribution in [1.29, 1.82) is 0 Å². The Morgan fingerprint density at radius 2 is 2.35 bits per heavy atom. The summed E-state index contributed by atoms with van der Waals surface area (Å²) in [5.41, 5.74) is 2.45. The van der Waals surface area contributed by atoms with Gasteiger partial charge < -0.3 is 5.11 Å². The van der Waals surface area contributed by atoms with E-state index in [1.54, 1.807) is 12.5 Å². The van der Waals surface area contributed by atoms with Crippen LogP contribution in [0.1, 0.15) is 46.5 Å². The minimum Gasteiger partial charge on any atom is -0.478 e. The highest BCUT2D eigenvalue weighted by Crippen LogP contribution is 2.61. The lowest BCUT2D eigenvalue weighted by Gasteiger charge is -2.58. The average molecular weight is 234 g/mol. The van der Waals surface area contributed by atoms with Gasteiger partial charge in [-0.25, -0.2) is 4.79 Å². The maximum absolute atomic E-state index is 10.7. The van der Waals surface area contributed by atoms with E-state index in [0.29, 0.717) is 11.0 Å². The van der Waals surface area contributed by atoms with Crippen molar-refractivity contribution in [2.45, 2.75) is 46.5 Å². The number of hydrogen-bond donors (Lipinski definition) is 1. The number of allylic oxidation sites excluding steroid dienone is 3. The summed E-state index contributed by atoms with van der Waals surface area (Å²) in [5, 5.41) is 8.81. The van der Waals surface area contributed by atoms with Crippen LogP contribution in [0.4, 0.5) is 0 Å². The van der Waals surface area contributed by atoms with Crippen LogP contribution in [0.5, 0.6) is 0 Å². The number of aliphatic carboxylic acids is 1. The molecule has 1 N–H and O–H groups in total. The van der Waals surface area contributed by atoms with Gasteiger partial charge in [-0.05, 0) is 56.8 Å². The summed E-state index contributed by atoms with van der Waals surface area (Å²) >= 11 is 0. The fourth-order valence-corrected chi connectivity index (χ4v) is 3.55. The Morgan fingerprint density at radius 3 is 2.88 bits per heavy atom. The van der Waals surface area contributed by atoms with Gasteiger partial charge in [0.05, 0.1) is 0 Å². The van der Waals surface area contributed by atoms with E-state index >= 15 is 0 Å². The van der Waals surface area contributed by atoms with E-state index in [2.05, 4.69) is 19.9 Å². The molecular weight excluding hydrogens is 212 g/mol. The molecule has 2 bridgehead atoms. The predicted octanol–water partition coefficient (Wildman–Crippen LogP) is 3.79. The molecule has 94 valence electrons. The summed E-state index contributed by atoms with van der Waals surface area (Å²) in [6.45, 7) is 6.31. The molecule has 1 saturated carbocycles. The molecule has 0 aliphatic heterocycles. The van der Waals surface area contributed by atoms with Gasteiger partial charge in [0.15, 0.2) is 0 Å². The third kappa shape index (κ3) is 2.05. The fourth-order valence-electron chi connectivity index (χ4n) is 3.55. The minimum absolute atomic E-state index is 0.425. The SMILES string of the molecule is CC1=CCC2CC1C2(C)CC/C=C(/C)C(=O)O. The Hall–Kier alpha value is -1.05. The molecule has 0 spiro atoms. The largest absolute Gasteiger partial charge is 0.478 e. The smallest absolute Gasteiger partial charge is 0.330 e. The number of rotatable bonds is 4. The number of fused-ring (bicyclic) bond motifs is 1. The number of carboxylic acid groups (broad SMARTS) is 1. The summed E-state index contributed by atoms with van der Waals surface area (Å²) in [5.74, 6) is 0.787. The zero-order chi connectivity index (χ0) is 12.6. The molecule has 3 aliphatic carbocycles. The third-order valence-corrected chi connectivity index (χ3v) is 4.99. The van der Waals surface area contributed by atoms with Gasteiger partial charge in [-0.2, -0.15) is 0 Å². The van der Waals surface area contributed by atoms with Crippen molar-refractivity contribution in [1.82, 2.24) is 0 Å². The molecule has 3 atom stereocenters. The first kappa shape index (κ1) is 12.4. The van der Waals surface area contributed by atoms with Gasteiger partial charge >= 0.3 is 5.97 Å². The van der Waals surface area contributed by atoms with Gasteiger partial charge in [-0.15, -0.1) is 0 Å².